The average Bonchev–Trinajstić information content (AvgIpc) is 3.66. The van der Waals surface area contributed by atoms with Crippen LogP contribution in [0.15, 0.2) is 224 Å². The van der Waals surface area contributed by atoms with Crippen molar-refractivity contribution < 1.29 is 0 Å². The molecule has 0 bridgehead atoms. The van der Waals surface area contributed by atoms with Gasteiger partial charge < -0.3 is 0 Å². The second kappa shape index (κ2) is 15.2. The van der Waals surface area contributed by atoms with Crippen molar-refractivity contribution in [1.82, 2.24) is 24.9 Å². The van der Waals surface area contributed by atoms with Crippen LogP contribution < -0.4 is 0 Å². The average molecular weight is 780 g/mol. The van der Waals surface area contributed by atoms with Gasteiger partial charge in [0.2, 0.25) is 0 Å². The van der Waals surface area contributed by atoms with Gasteiger partial charge in [0.1, 0.15) is 0 Å². The largest absolute Gasteiger partial charge is 0.228 e. The molecule has 0 fully saturated rings. The van der Waals surface area contributed by atoms with E-state index in [0.29, 0.717) is 23.3 Å². The first kappa shape index (κ1) is 36.0. The van der Waals surface area contributed by atoms with Crippen LogP contribution >= 0.6 is 0 Å². The fraction of sp³-hybridized carbons (Fsp3) is 0.0179. The predicted octanol–water partition coefficient (Wildman–Crippen LogP) is 13.0. The zero-order valence-corrected chi connectivity index (χ0v) is 33.1. The van der Waals surface area contributed by atoms with E-state index in [1.807, 2.05) is 97.1 Å². The maximum absolute atomic E-state index is 5.14. The number of aromatic nitrogens is 5. The second-order valence-electron chi connectivity index (χ2n) is 15.2. The summed E-state index contributed by atoms with van der Waals surface area (Å²) < 4.78 is 0. The Morgan fingerprint density at radius 2 is 0.541 bits per heavy atom. The Labute approximate surface area is 354 Å². The summed E-state index contributed by atoms with van der Waals surface area (Å²) in [5.74, 6) is 2.60. The third-order valence-corrected chi connectivity index (χ3v) is 11.7. The van der Waals surface area contributed by atoms with E-state index in [2.05, 4.69) is 127 Å². The van der Waals surface area contributed by atoms with Gasteiger partial charge >= 0.3 is 0 Å². The summed E-state index contributed by atoms with van der Waals surface area (Å²) in [5, 5.41) is 0. The molecule has 10 aromatic rings. The van der Waals surface area contributed by atoms with Crippen molar-refractivity contribution in [2.75, 3.05) is 0 Å². The molecule has 5 nitrogen and oxygen atoms in total. The molecule has 2 heterocycles. The van der Waals surface area contributed by atoms with Gasteiger partial charge in [0.05, 0.1) is 16.8 Å². The quantitative estimate of drug-likeness (QED) is 0.154. The number of hydrogen-bond donors (Lipinski definition) is 0. The van der Waals surface area contributed by atoms with Crippen LogP contribution in [0.3, 0.4) is 0 Å². The Kier molecular flexibility index (Phi) is 8.98. The van der Waals surface area contributed by atoms with Gasteiger partial charge in [0, 0.05) is 33.4 Å². The van der Waals surface area contributed by atoms with Gasteiger partial charge in [-0.2, -0.15) is 0 Å². The molecule has 0 saturated carbocycles. The highest BCUT2D eigenvalue weighted by atomic mass is 15.0. The fourth-order valence-corrected chi connectivity index (χ4v) is 8.79. The van der Waals surface area contributed by atoms with E-state index in [4.69, 9.17) is 24.9 Å². The summed E-state index contributed by atoms with van der Waals surface area (Å²) in [7, 11) is 0. The predicted molar refractivity (Wildman–Crippen MR) is 245 cm³/mol. The molecule has 2 aromatic heterocycles. The molecule has 286 valence electrons. The summed E-state index contributed by atoms with van der Waals surface area (Å²) in [6, 6.07) is 78.2. The normalized spacial score (nSPS) is 12.4. The van der Waals surface area contributed by atoms with E-state index in [1.165, 1.54) is 27.8 Å². The molecule has 0 atom stereocenters. The highest BCUT2D eigenvalue weighted by Gasteiger charge is 2.45. The van der Waals surface area contributed by atoms with E-state index in [9.17, 15) is 0 Å². The van der Waals surface area contributed by atoms with Gasteiger partial charge in [0.15, 0.2) is 23.3 Å². The lowest BCUT2D eigenvalue weighted by molar-refractivity contribution is 0.768. The van der Waals surface area contributed by atoms with E-state index in [-0.39, 0.29) is 0 Å². The molecule has 0 saturated heterocycles. The summed E-state index contributed by atoms with van der Waals surface area (Å²) in [6.45, 7) is 0. The van der Waals surface area contributed by atoms with Crippen LogP contribution in [0.4, 0.5) is 0 Å². The standard InChI is InChI=1S/C56H37N5/c1-5-17-38(18-6-1)50-37-51(58-52(57-50)40-19-7-2-8-20-40)39-29-33-44(34-30-39)56(48-27-15-13-25-46(48)47-26-14-16-28-49(47)56)45-35-31-43(32-36-45)55-60-53(41-21-9-3-10-22-41)59-54(61-55)42-23-11-4-12-24-42/h1-37H. The number of benzene rings is 8. The van der Waals surface area contributed by atoms with Crippen LogP contribution in [0.2, 0.25) is 0 Å². The molecular weight excluding hydrogens is 743 g/mol. The first-order valence-corrected chi connectivity index (χ1v) is 20.5. The zero-order chi connectivity index (χ0) is 40.6. The van der Waals surface area contributed by atoms with Crippen LogP contribution in [0, 0.1) is 0 Å². The van der Waals surface area contributed by atoms with Crippen molar-refractivity contribution in [3.05, 3.63) is 247 Å². The third-order valence-electron chi connectivity index (χ3n) is 11.7. The lowest BCUT2D eigenvalue weighted by Crippen LogP contribution is -2.28. The van der Waals surface area contributed by atoms with Crippen LogP contribution in [0.25, 0.3) is 79.2 Å². The van der Waals surface area contributed by atoms with Crippen molar-refractivity contribution in [2.24, 2.45) is 0 Å². The van der Waals surface area contributed by atoms with Gasteiger partial charge in [-0.05, 0) is 39.4 Å². The minimum atomic E-state index is -0.593. The van der Waals surface area contributed by atoms with Crippen LogP contribution in [0.1, 0.15) is 22.3 Å². The Hall–Kier alpha value is -8.15. The van der Waals surface area contributed by atoms with Crippen molar-refractivity contribution in [3.8, 4) is 79.2 Å². The molecule has 0 radical (unpaired) electrons. The minimum absolute atomic E-state index is 0.593. The molecular formula is C56H37N5. The van der Waals surface area contributed by atoms with Crippen molar-refractivity contribution in [1.29, 1.82) is 0 Å². The number of fused-ring (bicyclic) bond motifs is 3. The molecule has 0 N–H and O–H groups in total. The maximum atomic E-state index is 5.14. The van der Waals surface area contributed by atoms with E-state index in [1.54, 1.807) is 0 Å². The first-order chi connectivity index (χ1) is 30.2. The van der Waals surface area contributed by atoms with Crippen molar-refractivity contribution in [2.45, 2.75) is 5.41 Å². The SMILES string of the molecule is c1ccc(-c2cc(-c3ccc(C4(c5ccc(-c6nc(-c7ccccc7)nc(-c7ccccc7)n6)cc5)c5ccccc5-c5ccccc54)cc3)nc(-c3ccccc3)n2)cc1. The first-order valence-electron chi connectivity index (χ1n) is 20.5. The fourth-order valence-electron chi connectivity index (χ4n) is 8.79. The molecule has 11 rings (SSSR count). The molecule has 1 aliphatic carbocycles. The zero-order valence-electron chi connectivity index (χ0n) is 33.1. The highest BCUT2D eigenvalue weighted by Crippen LogP contribution is 2.56. The van der Waals surface area contributed by atoms with E-state index in [0.717, 1.165) is 50.3 Å². The van der Waals surface area contributed by atoms with E-state index >= 15 is 0 Å². The van der Waals surface area contributed by atoms with Gasteiger partial charge in [-0.25, -0.2) is 24.9 Å². The number of hydrogen-bond acceptors (Lipinski definition) is 5. The molecule has 0 aliphatic heterocycles. The molecule has 0 unspecified atom stereocenters. The van der Waals surface area contributed by atoms with Gasteiger partial charge in [-0.15, -0.1) is 0 Å². The molecule has 0 amide bonds. The smallest absolute Gasteiger partial charge is 0.164 e. The molecule has 8 aromatic carbocycles. The molecule has 61 heavy (non-hydrogen) atoms. The number of nitrogens with zero attached hydrogens (tertiary/aromatic N) is 5. The Morgan fingerprint density at radius 1 is 0.246 bits per heavy atom. The summed E-state index contributed by atoms with van der Waals surface area (Å²) >= 11 is 0. The second-order valence-corrected chi connectivity index (χ2v) is 15.2. The lowest BCUT2D eigenvalue weighted by atomic mass is 9.67. The van der Waals surface area contributed by atoms with Crippen LogP contribution in [-0.4, -0.2) is 24.9 Å². The Morgan fingerprint density at radius 3 is 0.951 bits per heavy atom. The van der Waals surface area contributed by atoms with Crippen molar-refractivity contribution in [3.63, 3.8) is 0 Å². The monoisotopic (exact) mass is 779 g/mol. The van der Waals surface area contributed by atoms with Crippen LogP contribution in [0.5, 0.6) is 0 Å². The van der Waals surface area contributed by atoms with E-state index < -0.39 is 5.41 Å². The summed E-state index contributed by atoms with van der Waals surface area (Å²) in [6.07, 6.45) is 0. The maximum Gasteiger partial charge on any atom is 0.164 e. The summed E-state index contributed by atoms with van der Waals surface area (Å²) in [4.78, 5) is 25.1. The summed E-state index contributed by atoms with van der Waals surface area (Å²) in [5.41, 5.74) is 14.3. The topological polar surface area (TPSA) is 64.5 Å². The van der Waals surface area contributed by atoms with Gasteiger partial charge in [-0.1, -0.05) is 218 Å². The Bertz CT molecular complexity index is 2820. The lowest BCUT2D eigenvalue weighted by Gasteiger charge is -2.34. The van der Waals surface area contributed by atoms with Gasteiger partial charge in [0.25, 0.3) is 0 Å². The molecule has 5 heteroatoms. The molecule has 1 aliphatic rings. The third kappa shape index (κ3) is 6.40. The number of rotatable bonds is 8. The van der Waals surface area contributed by atoms with Crippen LogP contribution in [-0.2, 0) is 5.41 Å². The Balaban J connectivity index is 1.05. The minimum Gasteiger partial charge on any atom is -0.228 e. The van der Waals surface area contributed by atoms with Gasteiger partial charge in [-0.3, -0.25) is 0 Å². The molecule has 0 spiro atoms. The highest BCUT2D eigenvalue weighted by molar-refractivity contribution is 5.87. The van der Waals surface area contributed by atoms with Crippen molar-refractivity contribution >= 4 is 0 Å².